The summed E-state index contributed by atoms with van der Waals surface area (Å²) in [5.41, 5.74) is 12.4. The Balaban J connectivity index is 1.12. The summed E-state index contributed by atoms with van der Waals surface area (Å²) in [6.07, 6.45) is 0. The largest absolute Gasteiger partial charge is 0.355 e. The molecule has 0 unspecified atom stereocenters. The maximum absolute atomic E-state index is 3.93. The van der Waals surface area contributed by atoms with E-state index in [9.17, 15) is 0 Å². The maximum Gasteiger partial charge on any atom is 0.197 e. The fourth-order valence-electron chi connectivity index (χ4n) is 9.53. The van der Waals surface area contributed by atoms with Crippen molar-refractivity contribution < 1.29 is 0 Å². The van der Waals surface area contributed by atoms with Crippen LogP contribution in [0.25, 0.3) is 99.1 Å². The molecule has 58 heavy (non-hydrogen) atoms. The average molecular weight is 794 g/mol. The summed E-state index contributed by atoms with van der Waals surface area (Å²) in [6.45, 7) is 6.82. The van der Waals surface area contributed by atoms with Crippen molar-refractivity contribution in [3.8, 4) is 16.8 Å². The van der Waals surface area contributed by atoms with Crippen molar-refractivity contribution in [3.63, 3.8) is 0 Å². The number of anilines is 2. The van der Waals surface area contributed by atoms with Gasteiger partial charge in [-0.25, -0.2) is 0 Å². The van der Waals surface area contributed by atoms with Crippen LogP contribution in [-0.4, -0.2) is 11.8 Å². The van der Waals surface area contributed by atoms with Crippen molar-refractivity contribution >= 4 is 146 Å². The zero-order valence-corrected chi connectivity index (χ0v) is 34.6. The van der Waals surface area contributed by atoms with Crippen LogP contribution in [-0.2, 0) is 5.41 Å². The predicted octanol–water partition coefficient (Wildman–Crippen LogP) is 14.6. The monoisotopic (exact) mass is 793 g/mol. The van der Waals surface area contributed by atoms with Gasteiger partial charge in [0.25, 0.3) is 0 Å². The quantitative estimate of drug-likeness (QED) is 0.176. The lowest BCUT2D eigenvalue weighted by atomic mass is 9.59. The van der Waals surface area contributed by atoms with Gasteiger partial charge < -0.3 is 9.88 Å². The fourth-order valence-corrected chi connectivity index (χ4v) is 12.9. The number of thiophene rings is 3. The maximum atomic E-state index is 3.93. The Hall–Kier alpha value is -5.92. The van der Waals surface area contributed by atoms with Gasteiger partial charge in [-0.15, -0.1) is 34.0 Å². The number of nitrogens with one attached hydrogen (secondary N) is 1. The molecule has 0 saturated heterocycles. The van der Waals surface area contributed by atoms with E-state index < -0.39 is 0 Å². The molecular formula is C52H34BN2S3. The summed E-state index contributed by atoms with van der Waals surface area (Å²) >= 11 is 5.66. The molecule has 0 aliphatic carbocycles. The van der Waals surface area contributed by atoms with Crippen LogP contribution < -0.4 is 16.2 Å². The molecule has 1 N–H and O–H groups in total. The number of hydrogen-bond donors (Lipinski definition) is 1. The molecule has 1 aliphatic rings. The molecule has 273 valence electrons. The third-order valence-corrected chi connectivity index (χ3v) is 15.8. The first-order valence-electron chi connectivity index (χ1n) is 19.9. The molecule has 0 atom stereocenters. The molecule has 1 radical (unpaired) electrons. The Morgan fingerprint density at radius 1 is 0.483 bits per heavy atom. The van der Waals surface area contributed by atoms with Crippen molar-refractivity contribution in [2.75, 3.05) is 5.32 Å². The lowest BCUT2D eigenvalue weighted by Crippen LogP contribution is -2.37. The normalized spacial score (nSPS) is 12.9. The summed E-state index contributed by atoms with van der Waals surface area (Å²) in [7, 11) is 2.48. The lowest BCUT2D eigenvalue weighted by Gasteiger charge is -2.24. The predicted molar refractivity (Wildman–Crippen MR) is 258 cm³/mol. The molecule has 0 fully saturated rings. The highest BCUT2D eigenvalue weighted by molar-refractivity contribution is 7.26. The Kier molecular flexibility index (Phi) is 6.75. The van der Waals surface area contributed by atoms with Gasteiger partial charge in [-0.05, 0) is 88.7 Å². The molecule has 0 amide bonds. The standard InChI is InChI=1S/C52H34BN2S3/c1-52(2,3)28-16-18-29(19-17-28)54-41-26-48-37(30-10-4-7-13-44(30)57-48)22-35(41)33-20-21-34-36-23-38-31-11-5-8-14-45(31)58-49(38)27-42(36)55-43-24-39-32-12-6-9-15-46(32)56-47(39)25-40(43)53-50(33)51(34)55/h4-27,54H,1-3H3. The number of hydrogen-bond acceptors (Lipinski definition) is 4. The highest BCUT2D eigenvalue weighted by atomic mass is 32.1. The van der Waals surface area contributed by atoms with Crippen LogP contribution in [0.15, 0.2) is 146 Å². The van der Waals surface area contributed by atoms with Gasteiger partial charge in [0.05, 0.1) is 5.52 Å². The Labute approximate surface area is 347 Å². The van der Waals surface area contributed by atoms with Crippen LogP contribution in [0.2, 0.25) is 0 Å². The fraction of sp³-hybridized carbons (Fsp3) is 0.0769. The topological polar surface area (TPSA) is 17.0 Å². The Morgan fingerprint density at radius 3 is 1.72 bits per heavy atom. The smallest absolute Gasteiger partial charge is 0.197 e. The third kappa shape index (κ3) is 4.71. The van der Waals surface area contributed by atoms with E-state index in [-0.39, 0.29) is 5.41 Å². The van der Waals surface area contributed by atoms with Crippen LogP contribution in [0.5, 0.6) is 0 Å². The van der Waals surface area contributed by atoms with E-state index in [2.05, 4.69) is 184 Å². The molecule has 5 heterocycles. The Bertz CT molecular complexity index is 3720. The van der Waals surface area contributed by atoms with Gasteiger partial charge in [0.15, 0.2) is 7.28 Å². The van der Waals surface area contributed by atoms with Gasteiger partial charge in [0.2, 0.25) is 0 Å². The summed E-state index contributed by atoms with van der Waals surface area (Å²) in [5.74, 6) is 0. The van der Waals surface area contributed by atoms with E-state index in [0.29, 0.717) is 0 Å². The minimum atomic E-state index is 0.0893. The average Bonchev–Trinajstić information content (AvgIpc) is 3.98. The number of aromatic nitrogens is 1. The molecule has 13 rings (SSSR count). The number of fused-ring (bicyclic) bond motifs is 14. The second-order valence-corrected chi connectivity index (χ2v) is 20.1. The molecule has 0 bridgehead atoms. The minimum Gasteiger partial charge on any atom is -0.355 e. The van der Waals surface area contributed by atoms with E-state index in [1.807, 2.05) is 34.0 Å². The molecule has 8 aromatic carbocycles. The van der Waals surface area contributed by atoms with Crippen molar-refractivity contribution in [3.05, 3.63) is 151 Å². The molecule has 2 nitrogen and oxygen atoms in total. The summed E-state index contributed by atoms with van der Waals surface area (Å²) in [4.78, 5) is 0. The molecule has 0 saturated carbocycles. The zero-order chi connectivity index (χ0) is 38.4. The second kappa shape index (κ2) is 11.8. The first-order chi connectivity index (χ1) is 28.3. The lowest BCUT2D eigenvalue weighted by molar-refractivity contribution is 0.590. The van der Waals surface area contributed by atoms with Gasteiger partial charge in [-0.2, -0.15) is 0 Å². The first kappa shape index (κ1) is 33.1. The Morgan fingerprint density at radius 2 is 1.07 bits per heavy atom. The number of nitrogens with zero attached hydrogens (tertiary/aromatic N) is 1. The molecule has 0 spiro atoms. The molecule has 4 aromatic heterocycles. The van der Waals surface area contributed by atoms with Gasteiger partial charge >= 0.3 is 0 Å². The first-order valence-corrected chi connectivity index (χ1v) is 22.4. The van der Waals surface area contributed by atoms with Crippen LogP contribution in [0.4, 0.5) is 11.4 Å². The van der Waals surface area contributed by atoms with Crippen LogP contribution in [0.1, 0.15) is 26.3 Å². The highest BCUT2D eigenvalue weighted by Crippen LogP contribution is 2.45. The van der Waals surface area contributed by atoms with E-state index in [4.69, 9.17) is 0 Å². The number of rotatable bonds is 3. The van der Waals surface area contributed by atoms with Crippen molar-refractivity contribution in [2.45, 2.75) is 26.2 Å². The molecular weight excluding hydrogens is 760 g/mol. The molecule has 1 aliphatic heterocycles. The molecule has 6 heteroatoms. The van der Waals surface area contributed by atoms with Gasteiger partial charge in [-0.3, -0.25) is 0 Å². The summed E-state index contributed by atoms with van der Waals surface area (Å²) in [6, 6.07) is 55.0. The minimum absolute atomic E-state index is 0.0893. The van der Waals surface area contributed by atoms with Crippen molar-refractivity contribution in [2.24, 2.45) is 0 Å². The van der Waals surface area contributed by atoms with Crippen molar-refractivity contribution in [1.29, 1.82) is 0 Å². The van der Waals surface area contributed by atoms with E-state index in [0.717, 1.165) is 11.4 Å². The van der Waals surface area contributed by atoms with E-state index in [1.54, 1.807) is 0 Å². The second-order valence-electron chi connectivity index (χ2n) is 16.8. The van der Waals surface area contributed by atoms with Gasteiger partial charge in [0.1, 0.15) is 0 Å². The summed E-state index contributed by atoms with van der Waals surface area (Å²) < 4.78 is 10.5. The van der Waals surface area contributed by atoms with Crippen LogP contribution >= 0.6 is 34.0 Å². The highest BCUT2D eigenvalue weighted by Gasteiger charge is 2.28. The third-order valence-electron chi connectivity index (χ3n) is 12.4. The van der Waals surface area contributed by atoms with E-state index in [1.165, 1.54) is 116 Å². The van der Waals surface area contributed by atoms with Gasteiger partial charge in [0, 0.05) is 99.4 Å². The van der Waals surface area contributed by atoms with Gasteiger partial charge in [-0.1, -0.05) is 105 Å². The van der Waals surface area contributed by atoms with Crippen molar-refractivity contribution in [1.82, 2.24) is 4.57 Å². The number of benzene rings is 8. The molecule has 12 aromatic rings. The van der Waals surface area contributed by atoms with Crippen LogP contribution in [0.3, 0.4) is 0 Å². The summed E-state index contributed by atoms with van der Waals surface area (Å²) in [5, 5.41) is 14.4. The van der Waals surface area contributed by atoms with Crippen LogP contribution in [0, 0.1) is 0 Å². The SMILES string of the molecule is CC(C)(C)c1ccc(Nc2cc3sc4ccccc4c3cc2-c2ccc3c4cc5c(cc4n4c3c2[B]c2cc3sc6ccccc6c3cc2-4)sc2ccccc25)cc1. The van der Waals surface area contributed by atoms with E-state index >= 15 is 0 Å². The zero-order valence-electron chi connectivity index (χ0n) is 32.1.